The van der Waals surface area contributed by atoms with Gasteiger partial charge in [0, 0.05) is 38.8 Å². The maximum atomic E-state index is 12.9. The highest BCUT2D eigenvalue weighted by molar-refractivity contribution is 5.84. The van der Waals surface area contributed by atoms with Crippen LogP contribution < -0.4 is 16.0 Å². The Bertz CT molecular complexity index is 1160. The fourth-order valence-corrected chi connectivity index (χ4v) is 6.88. The van der Waals surface area contributed by atoms with Crippen LogP contribution in [0.2, 0.25) is 0 Å². The second kappa shape index (κ2) is 35.9. The van der Waals surface area contributed by atoms with Gasteiger partial charge in [-0.2, -0.15) is 0 Å². The van der Waals surface area contributed by atoms with Crippen molar-refractivity contribution in [2.75, 3.05) is 13.1 Å². The van der Waals surface area contributed by atoms with Crippen molar-refractivity contribution in [3.63, 3.8) is 0 Å². The lowest BCUT2D eigenvalue weighted by molar-refractivity contribution is -0.151. The van der Waals surface area contributed by atoms with Crippen LogP contribution in [0, 0.1) is 0 Å². The van der Waals surface area contributed by atoms with Crippen LogP contribution in [0.1, 0.15) is 199 Å². The zero-order valence-corrected chi connectivity index (χ0v) is 35.4. The number of benzene rings is 1. The molecule has 4 N–H and O–H groups in total. The molecule has 0 radical (unpaired) electrons. The molecule has 10 nitrogen and oxygen atoms in total. The van der Waals surface area contributed by atoms with E-state index in [0.29, 0.717) is 25.8 Å². The molecule has 0 aliphatic rings. The van der Waals surface area contributed by atoms with E-state index in [2.05, 4.69) is 29.8 Å². The fourth-order valence-electron chi connectivity index (χ4n) is 6.88. The number of rotatable bonds is 38. The zero-order chi connectivity index (χ0) is 40.9. The van der Waals surface area contributed by atoms with Crippen molar-refractivity contribution < 1.29 is 33.8 Å². The molecule has 0 bridgehead atoms. The van der Waals surface area contributed by atoms with Crippen LogP contribution >= 0.6 is 0 Å². The van der Waals surface area contributed by atoms with Crippen molar-refractivity contribution in [3.05, 3.63) is 35.9 Å². The van der Waals surface area contributed by atoms with Gasteiger partial charge in [-0.3, -0.25) is 19.2 Å². The van der Waals surface area contributed by atoms with Crippen molar-refractivity contribution in [3.8, 4) is 0 Å². The molecule has 2 atom stereocenters. The van der Waals surface area contributed by atoms with E-state index in [1.807, 2.05) is 30.3 Å². The molecule has 1 unspecified atom stereocenters. The minimum atomic E-state index is -1.12. The summed E-state index contributed by atoms with van der Waals surface area (Å²) in [5.74, 6) is -2.11. The smallest absolute Gasteiger partial charge is 0.326 e. The third-order valence-corrected chi connectivity index (χ3v) is 10.3. The third kappa shape index (κ3) is 30.7. The first kappa shape index (κ1) is 50.6. The molecule has 320 valence electrons. The van der Waals surface area contributed by atoms with E-state index in [4.69, 9.17) is 4.74 Å². The molecule has 0 aromatic heterocycles. The molecule has 0 aliphatic carbocycles. The van der Waals surface area contributed by atoms with Gasteiger partial charge in [-0.05, 0) is 37.7 Å². The number of unbranched alkanes of at least 4 members (excludes halogenated alkanes) is 20. The molecule has 3 amide bonds. The number of ether oxygens (including phenoxy) is 1. The predicted octanol–water partition coefficient (Wildman–Crippen LogP) is 9.91. The lowest BCUT2D eigenvalue weighted by Crippen LogP contribution is -2.43. The maximum Gasteiger partial charge on any atom is 0.326 e. The Labute approximate surface area is 339 Å². The van der Waals surface area contributed by atoms with E-state index in [-0.39, 0.29) is 50.0 Å². The van der Waals surface area contributed by atoms with Gasteiger partial charge >= 0.3 is 11.9 Å². The van der Waals surface area contributed by atoms with Crippen LogP contribution in [0.5, 0.6) is 0 Å². The highest BCUT2D eigenvalue weighted by Gasteiger charge is 2.21. The second-order valence-corrected chi connectivity index (χ2v) is 15.6. The molecular formula is C46H79N3O7. The first-order valence-electron chi connectivity index (χ1n) is 22.5. The van der Waals surface area contributed by atoms with Gasteiger partial charge in [-0.25, -0.2) is 4.79 Å². The summed E-state index contributed by atoms with van der Waals surface area (Å²) in [4.78, 5) is 62.1. The molecule has 56 heavy (non-hydrogen) atoms. The molecule has 1 rings (SSSR count). The average Bonchev–Trinajstić information content (AvgIpc) is 3.17. The largest absolute Gasteiger partial charge is 0.480 e. The number of carbonyl (C=O) groups is 5. The Hall–Kier alpha value is -3.43. The first-order chi connectivity index (χ1) is 27.2. The number of carbonyl (C=O) groups excluding carboxylic acids is 4. The zero-order valence-electron chi connectivity index (χ0n) is 35.4. The van der Waals surface area contributed by atoms with Crippen LogP contribution in [-0.4, -0.2) is 60.0 Å². The van der Waals surface area contributed by atoms with E-state index in [1.54, 1.807) is 0 Å². The summed E-state index contributed by atoms with van der Waals surface area (Å²) in [6.07, 6.45) is 27.6. The van der Waals surface area contributed by atoms with Gasteiger partial charge in [0.15, 0.2) is 0 Å². The van der Waals surface area contributed by atoms with E-state index in [9.17, 15) is 29.1 Å². The molecule has 0 saturated heterocycles. The molecule has 1 aromatic carbocycles. The quantitative estimate of drug-likeness (QED) is 0.0385. The van der Waals surface area contributed by atoms with E-state index >= 15 is 0 Å². The summed E-state index contributed by atoms with van der Waals surface area (Å²) in [6, 6.07) is 8.03. The Balaban J connectivity index is 2.42. The molecule has 0 fully saturated rings. The maximum absolute atomic E-state index is 12.9. The molecule has 10 heteroatoms. The average molecular weight is 786 g/mol. The summed E-state index contributed by atoms with van der Waals surface area (Å²) >= 11 is 0. The Morgan fingerprint density at radius 3 is 1.62 bits per heavy atom. The van der Waals surface area contributed by atoms with Crippen LogP contribution in [0.25, 0.3) is 0 Å². The number of aliphatic carboxylic acids is 1. The molecule has 0 aliphatic heterocycles. The standard InChI is InChI=1S/C46H79N3O7/c1-3-5-7-9-11-12-13-14-15-16-18-19-25-31-40(56-45(53)33-27-22-28-35-47-42(50)32-26-20-17-10-8-6-4-2)38-44(52)48-36-34-43(51)49-41(46(54)55)37-39-29-23-21-24-30-39/h21,23-24,29-30,40-41H,3-20,22,25-28,31-38H2,1-2H3,(H,47,50)(H,48,52)(H,49,51)(H,54,55)/t40?,41-/m0/s1. The Kier molecular flexibility index (Phi) is 32.5. The van der Waals surface area contributed by atoms with Gasteiger partial charge in [0.05, 0.1) is 6.42 Å². The van der Waals surface area contributed by atoms with Crippen LogP contribution in [-0.2, 0) is 35.1 Å². The van der Waals surface area contributed by atoms with Gasteiger partial charge in [-0.15, -0.1) is 0 Å². The van der Waals surface area contributed by atoms with Gasteiger partial charge < -0.3 is 25.8 Å². The summed E-state index contributed by atoms with van der Waals surface area (Å²) in [6.45, 7) is 5.12. The minimum absolute atomic E-state index is 0.0160. The minimum Gasteiger partial charge on any atom is -0.480 e. The van der Waals surface area contributed by atoms with Crippen molar-refractivity contribution in [1.29, 1.82) is 0 Å². The van der Waals surface area contributed by atoms with Crippen LogP contribution in [0.15, 0.2) is 30.3 Å². The van der Waals surface area contributed by atoms with Crippen molar-refractivity contribution in [2.24, 2.45) is 0 Å². The number of nitrogens with one attached hydrogen (secondary N) is 3. The number of hydrogen-bond donors (Lipinski definition) is 4. The molecule has 0 heterocycles. The van der Waals surface area contributed by atoms with Gasteiger partial charge in [-0.1, -0.05) is 166 Å². The van der Waals surface area contributed by atoms with Crippen molar-refractivity contribution >= 4 is 29.7 Å². The van der Waals surface area contributed by atoms with E-state index < -0.39 is 24.0 Å². The van der Waals surface area contributed by atoms with Gasteiger partial charge in [0.25, 0.3) is 0 Å². The lowest BCUT2D eigenvalue weighted by Gasteiger charge is -2.18. The number of carboxylic acids is 1. The number of carboxylic acid groups (broad SMARTS) is 1. The summed E-state index contributed by atoms with van der Waals surface area (Å²) in [5.41, 5.74) is 0.801. The van der Waals surface area contributed by atoms with Crippen molar-refractivity contribution in [1.82, 2.24) is 16.0 Å². The highest BCUT2D eigenvalue weighted by atomic mass is 16.5. The first-order valence-corrected chi connectivity index (χ1v) is 22.5. The third-order valence-electron chi connectivity index (χ3n) is 10.3. The second-order valence-electron chi connectivity index (χ2n) is 15.6. The van der Waals surface area contributed by atoms with E-state index in [0.717, 1.165) is 50.5 Å². The van der Waals surface area contributed by atoms with Gasteiger partial charge in [0.1, 0.15) is 12.1 Å². The number of hydrogen-bond acceptors (Lipinski definition) is 6. The molecule has 0 spiro atoms. The highest BCUT2D eigenvalue weighted by Crippen LogP contribution is 2.17. The van der Waals surface area contributed by atoms with Crippen LogP contribution in [0.4, 0.5) is 0 Å². The Morgan fingerprint density at radius 1 is 0.554 bits per heavy atom. The molecule has 1 aromatic rings. The number of amides is 3. The predicted molar refractivity (Wildman–Crippen MR) is 226 cm³/mol. The van der Waals surface area contributed by atoms with Crippen molar-refractivity contribution in [2.45, 2.75) is 212 Å². The summed E-state index contributed by atoms with van der Waals surface area (Å²) < 4.78 is 5.81. The molecule has 0 saturated carbocycles. The fraction of sp³-hybridized carbons (Fsp3) is 0.761. The van der Waals surface area contributed by atoms with Crippen LogP contribution in [0.3, 0.4) is 0 Å². The monoisotopic (exact) mass is 786 g/mol. The topological polar surface area (TPSA) is 151 Å². The molecular weight excluding hydrogens is 707 g/mol. The summed E-state index contributed by atoms with van der Waals surface area (Å²) in [5, 5.41) is 17.9. The normalized spacial score (nSPS) is 12.1. The number of esters is 1. The van der Waals surface area contributed by atoms with E-state index in [1.165, 1.54) is 96.3 Å². The SMILES string of the molecule is CCCCCCCCCCCCCCCC(CC(=O)NCCC(=O)N[C@@H](Cc1ccccc1)C(=O)O)OC(=O)CCCCCNC(=O)CCCCCCCCC. The Morgan fingerprint density at radius 2 is 1.05 bits per heavy atom. The lowest BCUT2D eigenvalue weighted by atomic mass is 10.0. The summed E-state index contributed by atoms with van der Waals surface area (Å²) in [7, 11) is 0. The van der Waals surface area contributed by atoms with Gasteiger partial charge in [0.2, 0.25) is 17.7 Å².